The minimum Gasteiger partial charge on any atom is -0.374 e. The average molecular weight is 259 g/mol. The van der Waals surface area contributed by atoms with E-state index in [0.29, 0.717) is 0 Å². The lowest BCUT2D eigenvalue weighted by molar-refractivity contribution is -0.130. The summed E-state index contributed by atoms with van der Waals surface area (Å²) in [4.78, 5) is 27.6. The second kappa shape index (κ2) is 4.91. The first-order valence-corrected chi connectivity index (χ1v) is 6.67. The van der Waals surface area contributed by atoms with Crippen LogP contribution in [0.1, 0.15) is 12.8 Å². The van der Waals surface area contributed by atoms with Gasteiger partial charge in [-0.15, -0.1) is 0 Å². The zero-order chi connectivity index (χ0) is 13.2. The number of para-hydroxylation sites is 2. The van der Waals surface area contributed by atoms with Crippen LogP contribution in [0.2, 0.25) is 0 Å². The highest BCUT2D eigenvalue weighted by Crippen LogP contribution is 2.28. The fourth-order valence-electron chi connectivity index (χ4n) is 2.63. The zero-order valence-electron chi connectivity index (χ0n) is 10.8. The van der Waals surface area contributed by atoms with Crippen LogP contribution in [-0.4, -0.2) is 42.9 Å². The van der Waals surface area contributed by atoms with Gasteiger partial charge in [-0.05, 0) is 25.0 Å². The van der Waals surface area contributed by atoms with Crippen LogP contribution >= 0.6 is 0 Å². The SMILES string of the molecule is O=C(CN1C(=O)CNc2ccccc21)N1CCCC1. The molecular weight excluding hydrogens is 242 g/mol. The lowest BCUT2D eigenvalue weighted by Gasteiger charge is -2.30. The van der Waals surface area contributed by atoms with Crippen molar-refractivity contribution >= 4 is 23.2 Å². The van der Waals surface area contributed by atoms with Crippen molar-refractivity contribution < 1.29 is 9.59 Å². The molecule has 1 fully saturated rings. The smallest absolute Gasteiger partial charge is 0.246 e. The highest BCUT2D eigenvalue weighted by molar-refractivity contribution is 6.05. The first kappa shape index (κ1) is 12.0. The Morgan fingerprint density at radius 3 is 2.74 bits per heavy atom. The van der Waals surface area contributed by atoms with Gasteiger partial charge in [0.05, 0.1) is 17.9 Å². The van der Waals surface area contributed by atoms with Gasteiger partial charge in [0, 0.05) is 13.1 Å². The molecule has 0 radical (unpaired) electrons. The van der Waals surface area contributed by atoms with E-state index in [4.69, 9.17) is 0 Å². The minimum absolute atomic E-state index is 0.0440. The van der Waals surface area contributed by atoms with Gasteiger partial charge in [-0.1, -0.05) is 12.1 Å². The maximum Gasteiger partial charge on any atom is 0.246 e. The van der Waals surface area contributed by atoms with Crippen LogP contribution in [0.4, 0.5) is 11.4 Å². The predicted octanol–water partition coefficient (Wildman–Crippen LogP) is 1.07. The van der Waals surface area contributed by atoms with Crippen molar-refractivity contribution in [3.8, 4) is 0 Å². The predicted molar refractivity (Wildman–Crippen MR) is 73.1 cm³/mol. The molecule has 2 heterocycles. The maximum atomic E-state index is 12.2. The number of carbonyl (C=O) groups excluding carboxylic acids is 2. The fourth-order valence-corrected chi connectivity index (χ4v) is 2.63. The topological polar surface area (TPSA) is 52.7 Å². The van der Waals surface area contributed by atoms with Crippen molar-refractivity contribution in [2.45, 2.75) is 12.8 Å². The molecule has 0 saturated carbocycles. The number of nitrogens with one attached hydrogen (secondary N) is 1. The van der Waals surface area contributed by atoms with Crippen LogP contribution in [-0.2, 0) is 9.59 Å². The molecule has 5 nitrogen and oxygen atoms in total. The monoisotopic (exact) mass is 259 g/mol. The Bertz CT molecular complexity index is 509. The van der Waals surface area contributed by atoms with Gasteiger partial charge < -0.3 is 10.2 Å². The van der Waals surface area contributed by atoms with E-state index in [0.717, 1.165) is 37.3 Å². The van der Waals surface area contributed by atoms with Gasteiger partial charge in [0.1, 0.15) is 6.54 Å². The highest BCUT2D eigenvalue weighted by Gasteiger charge is 2.28. The molecule has 2 amide bonds. The first-order chi connectivity index (χ1) is 9.25. The highest BCUT2D eigenvalue weighted by atomic mass is 16.2. The molecule has 0 unspecified atom stereocenters. The Morgan fingerprint density at radius 1 is 1.21 bits per heavy atom. The number of fused-ring (bicyclic) bond motifs is 1. The molecule has 1 N–H and O–H groups in total. The van der Waals surface area contributed by atoms with E-state index in [-0.39, 0.29) is 24.9 Å². The van der Waals surface area contributed by atoms with Gasteiger partial charge in [-0.25, -0.2) is 0 Å². The second-order valence-corrected chi connectivity index (χ2v) is 4.94. The molecule has 2 aliphatic rings. The third kappa shape index (κ3) is 2.28. The largest absolute Gasteiger partial charge is 0.374 e. The summed E-state index contributed by atoms with van der Waals surface area (Å²) < 4.78 is 0. The molecule has 1 saturated heterocycles. The average Bonchev–Trinajstić information content (AvgIpc) is 2.96. The van der Waals surface area contributed by atoms with Gasteiger partial charge in [0.25, 0.3) is 0 Å². The van der Waals surface area contributed by atoms with E-state index in [1.807, 2.05) is 29.2 Å². The van der Waals surface area contributed by atoms with Crippen LogP contribution in [0.5, 0.6) is 0 Å². The molecule has 1 aromatic carbocycles. The first-order valence-electron chi connectivity index (χ1n) is 6.67. The number of amides is 2. The van der Waals surface area contributed by atoms with Crippen molar-refractivity contribution in [1.29, 1.82) is 0 Å². The van der Waals surface area contributed by atoms with Gasteiger partial charge in [-0.3, -0.25) is 14.5 Å². The third-order valence-electron chi connectivity index (χ3n) is 3.68. The maximum absolute atomic E-state index is 12.2. The number of hydrogen-bond donors (Lipinski definition) is 1. The fraction of sp³-hybridized carbons (Fsp3) is 0.429. The van der Waals surface area contributed by atoms with Crippen LogP contribution in [0.3, 0.4) is 0 Å². The summed E-state index contributed by atoms with van der Waals surface area (Å²) in [5.41, 5.74) is 1.71. The number of rotatable bonds is 2. The molecule has 100 valence electrons. The number of likely N-dealkylation sites (tertiary alicyclic amines) is 1. The van der Waals surface area contributed by atoms with E-state index in [2.05, 4.69) is 5.32 Å². The van der Waals surface area contributed by atoms with Crippen LogP contribution in [0.25, 0.3) is 0 Å². The Labute approximate surface area is 112 Å². The lowest BCUT2D eigenvalue weighted by atomic mass is 10.2. The second-order valence-electron chi connectivity index (χ2n) is 4.94. The Balaban J connectivity index is 1.79. The number of carbonyl (C=O) groups is 2. The Morgan fingerprint density at radius 2 is 1.95 bits per heavy atom. The standard InChI is InChI=1S/C14H17N3O2/c18-13-9-15-11-5-1-2-6-12(11)17(13)10-14(19)16-7-3-4-8-16/h1-2,5-6,15H,3-4,7-10H2. The van der Waals surface area contributed by atoms with Gasteiger partial charge in [-0.2, -0.15) is 0 Å². The van der Waals surface area contributed by atoms with Crippen molar-refractivity contribution in [1.82, 2.24) is 4.90 Å². The summed E-state index contributed by atoms with van der Waals surface area (Å²) in [6.07, 6.45) is 2.13. The summed E-state index contributed by atoms with van der Waals surface area (Å²) in [6, 6.07) is 7.60. The molecule has 3 rings (SSSR count). The molecule has 0 spiro atoms. The molecule has 0 aromatic heterocycles. The van der Waals surface area contributed by atoms with E-state index >= 15 is 0 Å². The minimum atomic E-state index is -0.0498. The number of nitrogens with zero attached hydrogens (tertiary/aromatic N) is 2. The number of hydrogen-bond acceptors (Lipinski definition) is 3. The van der Waals surface area contributed by atoms with Crippen molar-refractivity contribution in [3.05, 3.63) is 24.3 Å². The molecule has 19 heavy (non-hydrogen) atoms. The number of benzene rings is 1. The van der Waals surface area contributed by atoms with E-state index in [1.165, 1.54) is 0 Å². The summed E-state index contributed by atoms with van der Waals surface area (Å²) >= 11 is 0. The lowest BCUT2D eigenvalue weighted by Crippen LogP contribution is -2.46. The van der Waals surface area contributed by atoms with Crippen LogP contribution in [0.15, 0.2) is 24.3 Å². The van der Waals surface area contributed by atoms with E-state index < -0.39 is 0 Å². The summed E-state index contributed by atoms with van der Waals surface area (Å²) in [6.45, 7) is 2.04. The molecule has 5 heteroatoms. The molecule has 0 aliphatic carbocycles. The summed E-state index contributed by atoms with van der Waals surface area (Å²) in [5, 5.41) is 3.07. The van der Waals surface area contributed by atoms with Crippen LogP contribution in [0, 0.1) is 0 Å². The normalized spacial score (nSPS) is 18.2. The van der Waals surface area contributed by atoms with Crippen molar-refractivity contribution in [2.75, 3.05) is 36.4 Å². The van der Waals surface area contributed by atoms with E-state index in [9.17, 15) is 9.59 Å². The molecule has 0 bridgehead atoms. The van der Waals surface area contributed by atoms with Gasteiger partial charge in [0.2, 0.25) is 11.8 Å². The molecule has 0 atom stereocenters. The summed E-state index contributed by atoms with van der Waals surface area (Å²) in [5.74, 6) is -0.00574. The molecule has 1 aromatic rings. The zero-order valence-corrected chi connectivity index (χ0v) is 10.8. The van der Waals surface area contributed by atoms with Crippen molar-refractivity contribution in [3.63, 3.8) is 0 Å². The Hall–Kier alpha value is -2.04. The van der Waals surface area contributed by atoms with Crippen LogP contribution < -0.4 is 10.2 Å². The summed E-state index contributed by atoms with van der Waals surface area (Å²) in [7, 11) is 0. The third-order valence-corrected chi connectivity index (χ3v) is 3.68. The van der Waals surface area contributed by atoms with Crippen molar-refractivity contribution in [2.24, 2.45) is 0 Å². The number of anilines is 2. The van der Waals surface area contributed by atoms with E-state index in [1.54, 1.807) is 4.90 Å². The quantitative estimate of drug-likeness (QED) is 0.864. The molecular formula is C14H17N3O2. The van der Waals surface area contributed by atoms with Gasteiger partial charge in [0.15, 0.2) is 0 Å². The molecule has 2 aliphatic heterocycles. The Kier molecular flexibility index (Phi) is 3.11. The van der Waals surface area contributed by atoms with Gasteiger partial charge >= 0.3 is 0 Å².